The number of esters is 1. The maximum atomic E-state index is 12.6. The van der Waals surface area contributed by atoms with E-state index in [1.165, 1.54) is 7.11 Å². The van der Waals surface area contributed by atoms with Gasteiger partial charge in [-0.15, -0.1) is 0 Å². The van der Waals surface area contributed by atoms with Crippen LogP contribution in [-0.2, 0) is 35.9 Å². The predicted octanol–water partition coefficient (Wildman–Crippen LogP) is 3.10. The second-order valence-corrected chi connectivity index (χ2v) is 7.10. The van der Waals surface area contributed by atoms with Gasteiger partial charge in [-0.25, -0.2) is 0 Å². The summed E-state index contributed by atoms with van der Waals surface area (Å²) < 4.78 is 27.9. The van der Waals surface area contributed by atoms with E-state index >= 15 is 0 Å². The highest BCUT2D eigenvalue weighted by molar-refractivity contribution is 7.53. The van der Waals surface area contributed by atoms with E-state index in [0.29, 0.717) is 19.8 Å². The van der Waals surface area contributed by atoms with Gasteiger partial charge in [0.2, 0.25) is 0 Å². The van der Waals surface area contributed by atoms with Gasteiger partial charge in [0.15, 0.2) is 0 Å². The minimum absolute atomic E-state index is 0.231. The van der Waals surface area contributed by atoms with Crippen LogP contribution in [0.2, 0.25) is 0 Å². The smallest absolute Gasteiger partial charge is 0.335 e. The lowest BCUT2D eigenvalue weighted by molar-refractivity contribution is -0.142. The van der Waals surface area contributed by atoms with Gasteiger partial charge in [-0.05, 0) is 31.9 Å². The summed E-state index contributed by atoms with van der Waals surface area (Å²) in [5.74, 6) is -0.307. The Morgan fingerprint density at radius 3 is 2.39 bits per heavy atom. The summed E-state index contributed by atoms with van der Waals surface area (Å²) in [4.78, 5) is 11.4. The van der Waals surface area contributed by atoms with Crippen molar-refractivity contribution in [1.29, 1.82) is 0 Å². The fourth-order valence-electron chi connectivity index (χ4n) is 2.11. The van der Waals surface area contributed by atoms with Gasteiger partial charge in [-0.3, -0.25) is 9.36 Å². The first-order valence-corrected chi connectivity index (χ1v) is 9.44. The topological polar surface area (TPSA) is 73.9 Å². The summed E-state index contributed by atoms with van der Waals surface area (Å²) in [6, 6.07) is 7.26. The first-order chi connectivity index (χ1) is 10.9. The lowest BCUT2D eigenvalue weighted by Gasteiger charge is -2.17. The minimum atomic E-state index is -3.11. The molecule has 0 aliphatic rings. The molecule has 0 amide bonds. The Morgan fingerprint density at radius 1 is 1.22 bits per heavy atom. The van der Waals surface area contributed by atoms with Crippen molar-refractivity contribution in [1.82, 2.24) is 5.32 Å². The van der Waals surface area contributed by atoms with Crippen LogP contribution in [0.25, 0.3) is 0 Å². The van der Waals surface area contributed by atoms with Crippen LogP contribution in [-0.4, -0.2) is 32.3 Å². The van der Waals surface area contributed by atoms with Gasteiger partial charge in [0.1, 0.15) is 6.04 Å². The summed E-state index contributed by atoms with van der Waals surface area (Å²) in [5.41, 5.74) is 1.86. The Hall–Kier alpha value is -1.20. The SMILES string of the molecule is CCOP(=O)(Cc1cccc(CNC(C)C(=O)OC)c1)OCC. The molecule has 1 aromatic carbocycles. The molecule has 0 aliphatic heterocycles. The zero-order valence-corrected chi connectivity index (χ0v) is 15.1. The van der Waals surface area contributed by atoms with Crippen molar-refractivity contribution in [3.63, 3.8) is 0 Å². The van der Waals surface area contributed by atoms with E-state index < -0.39 is 7.60 Å². The minimum Gasteiger partial charge on any atom is -0.468 e. The number of carbonyl (C=O) groups is 1. The lowest BCUT2D eigenvalue weighted by atomic mass is 10.1. The standard InChI is InChI=1S/C16H26NO5P/c1-5-21-23(19,22-6-2)12-15-9-7-8-14(10-15)11-17-13(3)16(18)20-4/h7-10,13,17H,5-6,11-12H2,1-4H3. The van der Waals surface area contributed by atoms with Gasteiger partial charge in [-0.1, -0.05) is 24.3 Å². The number of nitrogens with one attached hydrogen (secondary N) is 1. The Kier molecular flexibility index (Phi) is 8.48. The largest absolute Gasteiger partial charge is 0.468 e. The molecule has 1 unspecified atom stereocenters. The molecule has 130 valence electrons. The van der Waals surface area contributed by atoms with Crippen LogP contribution in [0, 0.1) is 0 Å². The van der Waals surface area contributed by atoms with Crippen LogP contribution in [0.5, 0.6) is 0 Å². The first kappa shape index (κ1) is 19.8. The molecular weight excluding hydrogens is 317 g/mol. The van der Waals surface area contributed by atoms with Crippen molar-refractivity contribution in [3.05, 3.63) is 35.4 Å². The number of carbonyl (C=O) groups excluding carboxylic acids is 1. The van der Waals surface area contributed by atoms with Crippen molar-refractivity contribution in [2.45, 2.75) is 39.5 Å². The molecule has 1 rings (SSSR count). The molecule has 0 heterocycles. The maximum Gasteiger partial charge on any atom is 0.335 e. The van der Waals surface area contributed by atoms with Crippen molar-refractivity contribution in [3.8, 4) is 0 Å². The van der Waals surface area contributed by atoms with Crippen LogP contribution >= 0.6 is 7.60 Å². The van der Waals surface area contributed by atoms with Crippen LogP contribution < -0.4 is 5.32 Å². The predicted molar refractivity (Wildman–Crippen MR) is 89.3 cm³/mol. The molecule has 0 aliphatic carbocycles. The molecule has 0 spiro atoms. The van der Waals surface area contributed by atoms with Gasteiger partial charge in [0, 0.05) is 6.54 Å². The Labute approximate surface area is 138 Å². The second kappa shape index (κ2) is 9.83. The molecule has 23 heavy (non-hydrogen) atoms. The van der Waals surface area contributed by atoms with E-state index in [0.717, 1.165) is 11.1 Å². The zero-order valence-electron chi connectivity index (χ0n) is 14.2. The highest BCUT2D eigenvalue weighted by Crippen LogP contribution is 2.51. The zero-order chi connectivity index (χ0) is 17.3. The third kappa shape index (κ3) is 6.83. The van der Waals surface area contributed by atoms with Crippen LogP contribution in [0.15, 0.2) is 24.3 Å². The van der Waals surface area contributed by atoms with Gasteiger partial charge >= 0.3 is 13.6 Å². The van der Waals surface area contributed by atoms with E-state index in [1.54, 1.807) is 20.8 Å². The molecular formula is C16H26NO5P. The normalized spacial score (nSPS) is 12.9. The maximum absolute atomic E-state index is 12.6. The van der Waals surface area contributed by atoms with E-state index in [-0.39, 0.29) is 18.2 Å². The van der Waals surface area contributed by atoms with Gasteiger partial charge < -0.3 is 19.1 Å². The molecule has 0 bridgehead atoms. The molecule has 0 saturated heterocycles. The van der Waals surface area contributed by atoms with Crippen LogP contribution in [0.3, 0.4) is 0 Å². The van der Waals surface area contributed by atoms with Crippen molar-refractivity contribution >= 4 is 13.6 Å². The summed E-state index contributed by atoms with van der Waals surface area (Å²) in [6.45, 7) is 6.52. The molecule has 0 aromatic heterocycles. The summed E-state index contributed by atoms with van der Waals surface area (Å²) >= 11 is 0. The molecule has 1 atom stereocenters. The first-order valence-electron chi connectivity index (χ1n) is 7.71. The number of hydrogen-bond donors (Lipinski definition) is 1. The molecule has 6 nitrogen and oxygen atoms in total. The quantitative estimate of drug-likeness (QED) is 0.520. The highest BCUT2D eigenvalue weighted by Gasteiger charge is 2.24. The molecule has 0 radical (unpaired) electrons. The fraction of sp³-hybridized carbons (Fsp3) is 0.562. The number of rotatable bonds is 10. The molecule has 1 N–H and O–H groups in total. The molecule has 1 aromatic rings. The number of benzene rings is 1. The Bertz CT molecular complexity index is 539. The van der Waals surface area contributed by atoms with E-state index in [1.807, 2.05) is 24.3 Å². The number of ether oxygens (including phenoxy) is 1. The third-order valence-electron chi connectivity index (χ3n) is 3.19. The van der Waals surface area contributed by atoms with Gasteiger partial charge in [0.05, 0.1) is 26.5 Å². The van der Waals surface area contributed by atoms with Crippen LogP contribution in [0.4, 0.5) is 0 Å². The monoisotopic (exact) mass is 343 g/mol. The molecule has 0 fully saturated rings. The van der Waals surface area contributed by atoms with Crippen LogP contribution in [0.1, 0.15) is 31.9 Å². The fourth-order valence-corrected chi connectivity index (χ4v) is 3.80. The van der Waals surface area contributed by atoms with Crippen molar-refractivity contribution in [2.75, 3.05) is 20.3 Å². The van der Waals surface area contributed by atoms with E-state index in [9.17, 15) is 9.36 Å². The summed E-state index contributed by atoms with van der Waals surface area (Å²) in [7, 11) is -1.75. The average Bonchev–Trinajstić information content (AvgIpc) is 2.52. The number of hydrogen-bond acceptors (Lipinski definition) is 6. The third-order valence-corrected chi connectivity index (χ3v) is 5.24. The Balaban J connectivity index is 2.72. The highest BCUT2D eigenvalue weighted by atomic mass is 31.2. The van der Waals surface area contributed by atoms with Gasteiger partial charge in [-0.2, -0.15) is 0 Å². The van der Waals surface area contributed by atoms with Crippen molar-refractivity contribution in [2.24, 2.45) is 0 Å². The Morgan fingerprint density at radius 2 is 1.83 bits per heavy atom. The lowest BCUT2D eigenvalue weighted by Crippen LogP contribution is -2.34. The average molecular weight is 343 g/mol. The van der Waals surface area contributed by atoms with E-state index in [2.05, 4.69) is 10.1 Å². The number of methoxy groups -OCH3 is 1. The molecule has 0 saturated carbocycles. The van der Waals surface area contributed by atoms with Crippen molar-refractivity contribution < 1.29 is 23.1 Å². The second-order valence-electron chi connectivity index (χ2n) is 5.05. The summed E-state index contributed by atoms with van der Waals surface area (Å²) in [5, 5.41) is 3.08. The molecule has 7 heteroatoms. The van der Waals surface area contributed by atoms with E-state index in [4.69, 9.17) is 9.05 Å². The van der Waals surface area contributed by atoms with Gasteiger partial charge in [0.25, 0.3) is 0 Å². The summed E-state index contributed by atoms with van der Waals surface area (Å²) in [6.07, 6.45) is 0.231.